The monoisotopic (exact) mass is 224 g/mol. The van der Waals surface area contributed by atoms with Gasteiger partial charge in [-0.25, -0.2) is 0 Å². The molecule has 1 rings (SSSR count). The Morgan fingerprint density at radius 2 is 2.19 bits per heavy atom. The normalized spacial score (nSPS) is 9.88. The fraction of sp³-hybridized carbons (Fsp3) is 0.444. The molecule has 7 heteroatoms. The summed E-state index contributed by atoms with van der Waals surface area (Å²) in [4.78, 5) is 20.7. The molecule has 0 aromatic carbocycles. The molecule has 1 heterocycles. The minimum atomic E-state index is -0.0826. The topological polar surface area (TPSA) is 110 Å². The lowest BCUT2D eigenvalue weighted by atomic mass is 10.4. The first kappa shape index (κ1) is 12.0. The molecule has 7 nitrogen and oxygen atoms in total. The Morgan fingerprint density at radius 3 is 2.75 bits per heavy atom. The number of nitrogens with two attached hydrogens (primary N) is 2. The van der Waals surface area contributed by atoms with Gasteiger partial charge in [0.2, 0.25) is 11.9 Å². The summed E-state index contributed by atoms with van der Waals surface area (Å²) in [5.41, 5.74) is 11.0. The zero-order chi connectivity index (χ0) is 12.1. The van der Waals surface area contributed by atoms with Gasteiger partial charge in [0.15, 0.2) is 0 Å². The van der Waals surface area contributed by atoms with Crippen LogP contribution in [0, 0.1) is 0 Å². The van der Waals surface area contributed by atoms with E-state index in [0.717, 1.165) is 0 Å². The second-order valence-electron chi connectivity index (χ2n) is 3.32. The van der Waals surface area contributed by atoms with E-state index in [9.17, 15) is 4.79 Å². The Balaban J connectivity index is 2.72. The summed E-state index contributed by atoms with van der Waals surface area (Å²) < 4.78 is 0. The Kier molecular flexibility index (Phi) is 3.87. The van der Waals surface area contributed by atoms with Crippen LogP contribution in [-0.2, 0) is 4.79 Å². The highest BCUT2D eigenvalue weighted by Gasteiger charge is 2.09. The molecule has 0 aliphatic carbocycles. The molecular weight excluding hydrogens is 208 g/mol. The van der Waals surface area contributed by atoms with Gasteiger partial charge in [0.25, 0.3) is 0 Å². The second kappa shape index (κ2) is 5.15. The molecule has 5 N–H and O–H groups in total. The first-order valence-electron chi connectivity index (χ1n) is 4.90. The van der Waals surface area contributed by atoms with Crippen molar-refractivity contribution in [2.45, 2.75) is 6.92 Å². The molecule has 88 valence electrons. The lowest BCUT2D eigenvalue weighted by Gasteiger charge is -2.17. The number of carbonyl (C=O) groups excluding carboxylic acids is 1. The van der Waals surface area contributed by atoms with Gasteiger partial charge in [0.1, 0.15) is 11.6 Å². The molecule has 1 amide bonds. The average Bonchev–Trinajstić information content (AvgIpc) is 2.16. The number of likely N-dealkylation sites (N-methyl/N-ethyl adjacent to an activating group) is 2. The van der Waals surface area contributed by atoms with Crippen LogP contribution in [0.2, 0.25) is 0 Å². The number of rotatable bonds is 4. The molecule has 0 bridgehead atoms. The van der Waals surface area contributed by atoms with Crippen molar-refractivity contribution in [2.75, 3.05) is 36.5 Å². The first-order chi connectivity index (χ1) is 7.52. The zero-order valence-corrected chi connectivity index (χ0v) is 9.40. The maximum absolute atomic E-state index is 11.3. The second-order valence-corrected chi connectivity index (χ2v) is 3.32. The summed E-state index contributed by atoms with van der Waals surface area (Å²) in [5.74, 6) is 0.819. The number of nitrogen functional groups attached to an aromatic ring is 2. The van der Waals surface area contributed by atoms with Gasteiger partial charge >= 0.3 is 0 Å². The smallest absolute Gasteiger partial charge is 0.239 e. The molecule has 0 radical (unpaired) electrons. The van der Waals surface area contributed by atoms with Crippen molar-refractivity contribution < 1.29 is 4.79 Å². The maximum atomic E-state index is 11.3. The molecule has 0 aliphatic heterocycles. The molecule has 0 fully saturated rings. The summed E-state index contributed by atoms with van der Waals surface area (Å²) in [5, 5.41) is 2.69. The van der Waals surface area contributed by atoms with Crippen LogP contribution in [0.5, 0.6) is 0 Å². The predicted octanol–water partition coefficient (Wildman–Crippen LogP) is -0.787. The van der Waals surface area contributed by atoms with Crippen molar-refractivity contribution in [1.29, 1.82) is 0 Å². The van der Waals surface area contributed by atoms with Crippen LogP contribution >= 0.6 is 0 Å². The van der Waals surface area contributed by atoms with Gasteiger partial charge in [0.05, 0.1) is 6.54 Å². The van der Waals surface area contributed by atoms with Crippen LogP contribution in [0.25, 0.3) is 0 Å². The van der Waals surface area contributed by atoms with Crippen molar-refractivity contribution in [3.63, 3.8) is 0 Å². The van der Waals surface area contributed by atoms with Gasteiger partial charge in [0, 0.05) is 19.7 Å². The van der Waals surface area contributed by atoms with Gasteiger partial charge in [-0.3, -0.25) is 4.79 Å². The number of hydrogen-bond donors (Lipinski definition) is 3. The summed E-state index contributed by atoms with van der Waals surface area (Å²) >= 11 is 0. The van der Waals surface area contributed by atoms with E-state index in [2.05, 4.69) is 15.3 Å². The van der Waals surface area contributed by atoms with E-state index in [-0.39, 0.29) is 24.2 Å². The average molecular weight is 224 g/mol. The minimum absolute atomic E-state index is 0.0826. The number of hydrogen-bond acceptors (Lipinski definition) is 6. The minimum Gasteiger partial charge on any atom is -0.383 e. The molecule has 1 aromatic heterocycles. The van der Waals surface area contributed by atoms with Crippen molar-refractivity contribution in [3.05, 3.63) is 6.07 Å². The third-order valence-corrected chi connectivity index (χ3v) is 1.90. The number of nitrogens with one attached hydrogen (secondary N) is 1. The van der Waals surface area contributed by atoms with Gasteiger partial charge in [-0.1, -0.05) is 0 Å². The Labute approximate surface area is 93.8 Å². The number of aromatic nitrogens is 2. The van der Waals surface area contributed by atoms with E-state index in [4.69, 9.17) is 11.5 Å². The van der Waals surface area contributed by atoms with Crippen LogP contribution in [0.3, 0.4) is 0 Å². The lowest BCUT2D eigenvalue weighted by molar-refractivity contribution is -0.119. The highest BCUT2D eigenvalue weighted by Crippen LogP contribution is 2.12. The fourth-order valence-corrected chi connectivity index (χ4v) is 1.22. The molecule has 0 aliphatic rings. The maximum Gasteiger partial charge on any atom is 0.239 e. The Hall–Kier alpha value is -2.05. The van der Waals surface area contributed by atoms with Crippen LogP contribution in [0.4, 0.5) is 17.6 Å². The molecule has 0 saturated carbocycles. The Morgan fingerprint density at radius 1 is 1.50 bits per heavy atom. The Bertz CT molecular complexity index is 360. The van der Waals surface area contributed by atoms with E-state index in [1.54, 1.807) is 18.0 Å². The van der Waals surface area contributed by atoms with Crippen LogP contribution in [-0.4, -0.2) is 36.0 Å². The number of amides is 1. The van der Waals surface area contributed by atoms with Crippen LogP contribution < -0.4 is 21.7 Å². The van der Waals surface area contributed by atoms with Crippen molar-refractivity contribution in [1.82, 2.24) is 15.3 Å². The fourth-order valence-electron chi connectivity index (χ4n) is 1.22. The molecule has 1 aromatic rings. The van der Waals surface area contributed by atoms with Crippen molar-refractivity contribution in [3.8, 4) is 0 Å². The van der Waals surface area contributed by atoms with E-state index in [1.807, 2.05) is 6.92 Å². The van der Waals surface area contributed by atoms with Gasteiger partial charge < -0.3 is 21.7 Å². The quantitative estimate of drug-likeness (QED) is 0.618. The standard InChI is InChI=1S/C9H16N6O/c1-3-12-8(16)5-15(2)7-4-6(10)13-9(11)14-7/h4H,3,5H2,1-2H3,(H,12,16)(H4,10,11,13,14). The van der Waals surface area contributed by atoms with E-state index < -0.39 is 0 Å². The van der Waals surface area contributed by atoms with E-state index in [0.29, 0.717) is 12.4 Å². The van der Waals surface area contributed by atoms with Gasteiger partial charge in [-0.15, -0.1) is 0 Å². The lowest BCUT2D eigenvalue weighted by Crippen LogP contribution is -2.35. The molecule has 0 spiro atoms. The van der Waals surface area contributed by atoms with Crippen LogP contribution in [0.15, 0.2) is 6.07 Å². The van der Waals surface area contributed by atoms with Gasteiger partial charge in [-0.2, -0.15) is 9.97 Å². The van der Waals surface area contributed by atoms with Crippen molar-refractivity contribution >= 4 is 23.5 Å². The zero-order valence-electron chi connectivity index (χ0n) is 9.40. The summed E-state index contributed by atoms with van der Waals surface area (Å²) in [7, 11) is 1.73. The number of carbonyl (C=O) groups is 1. The SMILES string of the molecule is CCNC(=O)CN(C)c1cc(N)nc(N)n1. The third-order valence-electron chi connectivity index (χ3n) is 1.90. The number of nitrogens with zero attached hydrogens (tertiary/aromatic N) is 3. The predicted molar refractivity (Wildman–Crippen MR) is 62.8 cm³/mol. The molecule has 0 atom stereocenters. The molecular formula is C9H16N6O. The van der Waals surface area contributed by atoms with Gasteiger partial charge in [-0.05, 0) is 6.92 Å². The molecule has 0 unspecified atom stereocenters. The largest absolute Gasteiger partial charge is 0.383 e. The highest BCUT2D eigenvalue weighted by molar-refractivity contribution is 5.80. The summed E-state index contributed by atoms with van der Waals surface area (Å²) in [6.45, 7) is 2.66. The third kappa shape index (κ3) is 3.26. The summed E-state index contributed by atoms with van der Waals surface area (Å²) in [6, 6.07) is 1.57. The van der Waals surface area contributed by atoms with Crippen LogP contribution in [0.1, 0.15) is 6.92 Å². The van der Waals surface area contributed by atoms with E-state index >= 15 is 0 Å². The van der Waals surface area contributed by atoms with E-state index in [1.165, 1.54) is 0 Å². The molecule has 0 saturated heterocycles. The summed E-state index contributed by atoms with van der Waals surface area (Å²) in [6.07, 6.45) is 0. The highest BCUT2D eigenvalue weighted by atomic mass is 16.2. The first-order valence-corrected chi connectivity index (χ1v) is 4.90. The molecule has 16 heavy (non-hydrogen) atoms. The number of anilines is 3. The van der Waals surface area contributed by atoms with Crippen molar-refractivity contribution in [2.24, 2.45) is 0 Å².